The Bertz CT molecular complexity index is 945. The summed E-state index contributed by atoms with van der Waals surface area (Å²) in [6, 6.07) is 5.66. The lowest BCUT2D eigenvalue weighted by atomic mass is 10.1. The van der Waals surface area contributed by atoms with Crippen molar-refractivity contribution in [2.75, 3.05) is 18.5 Å². The van der Waals surface area contributed by atoms with E-state index in [1.807, 2.05) is 34.8 Å². The van der Waals surface area contributed by atoms with Crippen LogP contribution in [0.15, 0.2) is 36.9 Å². The zero-order chi connectivity index (χ0) is 19.4. The summed E-state index contributed by atoms with van der Waals surface area (Å²) in [5.74, 6) is 0.0182. The Balaban J connectivity index is 1.89. The van der Waals surface area contributed by atoms with Gasteiger partial charge in [-0.1, -0.05) is 29.6 Å². The summed E-state index contributed by atoms with van der Waals surface area (Å²) in [6.07, 6.45) is 7.93. The summed E-state index contributed by atoms with van der Waals surface area (Å²) >= 11 is 12.6. The highest BCUT2D eigenvalue weighted by atomic mass is 35.5. The normalized spacial score (nSPS) is 11.1. The largest absolute Gasteiger partial charge is 0.481 e. The number of hydrogen-bond acceptors (Lipinski definition) is 4. The Labute approximate surface area is 167 Å². The van der Waals surface area contributed by atoms with E-state index in [-0.39, 0.29) is 6.42 Å². The first kappa shape index (κ1) is 19.5. The van der Waals surface area contributed by atoms with Crippen molar-refractivity contribution < 1.29 is 9.90 Å². The molecule has 0 amide bonds. The predicted octanol–water partition coefficient (Wildman–Crippen LogP) is 4.81. The quantitative estimate of drug-likeness (QED) is 0.543. The van der Waals surface area contributed by atoms with Gasteiger partial charge in [0.1, 0.15) is 5.82 Å². The van der Waals surface area contributed by atoms with Gasteiger partial charge in [0.15, 0.2) is 0 Å². The average molecular weight is 407 g/mol. The average Bonchev–Trinajstić information content (AvgIpc) is 3.18. The van der Waals surface area contributed by atoms with Crippen molar-refractivity contribution >= 4 is 45.9 Å². The van der Waals surface area contributed by atoms with Gasteiger partial charge >= 0.3 is 5.97 Å². The minimum Gasteiger partial charge on any atom is -0.481 e. The number of hydrogen-bond donors (Lipinski definition) is 1. The second kappa shape index (κ2) is 8.59. The Kier molecular flexibility index (Phi) is 6.19. The van der Waals surface area contributed by atoms with Gasteiger partial charge in [-0.05, 0) is 25.0 Å². The molecule has 1 N–H and O–H groups in total. The Morgan fingerprint density at radius 2 is 2.07 bits per heavy atom. The molecule has 0 atom stereocenters. The van der Waals surface area contributed by atoms with Crippen LogP contribution in [0.2, 0.25) is 10.0 Å². The number of nitrogens with zero attached hydrogens (tertiary/aromatic N) is 4. The third-order valence-electron chi connectivity index (χ3n) is 4.39. The third-order valence-corrected chi connectivity index (χ3v) is 5.19. The molecule has 0 bridgehead atoms. The molecule has 0 aliphatic carbocycles. The molecule has 1 aromatic carbocycles. The number of pyridine rings is 1. The number of imidazole rings is 1. The second-order valence-corrected chi connectivity index (χ2v) is 7.14. The van der Waals surface area contributed by atoms with Crippen LogP contribution >= 0.6 is 23.2 Å². The van der Waals surface area contributed by atoms with Crippen molar-refractivity contribution in [1.82, 2.24) is 14.5 Å². The zero-order valence-electron chi connectivity index (χ0n) is 14.9. The fourth-order valence-corrected chi connectivity index (χ4v) is 3.29. The molecular formula is C19H20Cl2N4O2. The number of anilines is 1. The van der Waals surface area contributed by atoms with E-state index < -0.39 is 5.97 Å². The van der Waals surface area contributed by atoms with E-state index in [0.29, 0.717) is 22.0 Å². The van der Waals surface area contributed by atoms with Gasteiger partial charge in [-0.3, -0.25) is 4.79 Å². The highest BCUT2D eigenvalue weighted by molar-refractivity contribution is 6.45. The molecule has 0 fully saturated rings. The van der Waals surface area contributed by atoms with Gasteiger partial charge in [-0.25, -0.2) is 9.97 Å². The van der Waals surface area contributed by atoms with Crippen LogP contribution < -0.4 is 4.90 Å². The number of benzene rings is 1. The van der Waals surface area contributed by atoms with Crippen molar-refractivity contribution in [3.8, 4) is 5.69 Å². The van der Waals surface area contributed by atoms with Crippen LogP contribution in [0.1, 0.15) is 25.7 Å². The van der Waals surface area contributed by atoms with Gasteiger partial charge in [0, 0.05) is 43.9 Å². The maximum absolute atomic E-state index is 10.6. The molecule has 0 saturated carbocycles. The lowest BCUT2D eigenvalue weighted by molar-refractivity contribution is -0.137. The van der Waals surface area contributed by atoms with Gasteiger partial charge in [0.05, 0.1) is 27.6 Å². The van der Waals surface area contributed by atoms with E-state index in [2.05, 4.69) is 4.98 Å². The number of aliphatic carboxylic acids is 1. The highest BCUT2D eigenvalue weighted by Gasteiger charge is 2.14. The number of aromatic nitrogens is 3. The molecule has 0 spiro atoms. The number of rotatable bonds is 8. The number of carbonyl (C=O) groups is 1. The molecule has 142 valence electrons. The molecule has 27 heavy (non-hydrogen) atoms. The first-order chi connectivity index (χ1) is 13.0. The SMILES string of the molecule is CN(CCCCCC(=O)O)c1cc(-n2ccnc2)c2ccc(Cl)c(Cl)c2n1. The first-order valence-electron chi connectivity index (χ1n) is 8.67. The van der Waals surface area contributed by atoms with Gasteiger partial charge in [-0.15, -0.1) is 0 Å². The van der Waals surface area contributed by atoms with Crippen LogP contribution in [-0.2, 0) is 4.79 Å². The fraction of sp³-hybridized carbons (Fsp3) is 0.316. The van der Waals surface area contributed by atoms with Crippen molar-refractivity contribution in [1.29, 1.82) is 0 Å². The molecule has 6 nitrogen and oxygen atoms in total. The molecule has 0 unspecified atom stereocenters. The molecule has 0 aliphatic rings. The minimum atomic E-state index is -0.754. The van der Waals surface area contributed by atoms with Crippen LogP contribution in [0, 0.1) is 0 Å². The zero-order valence-corrected chi connectivity index (χ0v) is 16.4. The Morgan fingerprint density at radius 3 is 2.78 bits per heavy atom. The monoisotopic (exact) mass is 406 g/mol. The lowest BCUT2D eigenvalue weighted by Gasteiger charge is -2.20. The molecule has 0 aliphatic heterocycles. The number of halogens is 2. The Hall–Kier alpha value is -2.31. The van der Waals surface area contributed by atoms with Gasteiger partial charge in [0.25, 0.3) is 0 Å². The van der Waals surface area contributed by atoms with Crippen molar-refractivity contribution in [3.05, 3.63) is 47.0 Å². The molecule has 3 aromatic rings. The number of carboxylic acids is 1. The van der Waals surface area contributed by atoms with Gasteiger partial charge in [0.2, 0.25) is 0 Å². The molecule has 3 rings (SSSR count). The van der Waals surface area contributed by atoms with Crippen LogP contribution in [0.5, 0.6) is 0 Å². The first-order valence-corrected chi connectivity index (χ1v) is 9.43. The van der Waals surface area contributed by atoms with E-state index >= 15 is 0 Å². The fourth-order valence-electron chi connectivity index (χ4n) is 2.93. The number of unbranched alkanes of at least 4 members (excludes halogenated alkanes) is 2. The lowest BCUT2D eigenvalue weighted by Crippen LogP contribution is -2.20. The highest BCUT2D eigenvalue weighted by Crippen LogP contribution is 2.34. The molecule has 0 saturated heterocycles. The summed E-state index contributed by atoms with van der Waals surface area (Å²) in [6.45, 7) is 0.764. The Morgan fingerprint density at radius 1 is 1.26 bits per heavy atom. The topological polar surface area (TPSA) is 71.2 Å². The number of carboxylic acid groups (broad SMARTS) is 1. The minimum absolute atomic E-state index is 0.205. The molecular weight excluding hydrogens is 387 g/mol. The van der Waals surface area contributed by atoms with Crippen LogP contribution in [-0.4, -0.2) is 39.2 Å². The standard InChI is InChI=1S/C19H20Cl2N4O2/c1-24(9-4-2-3-5-17(26)27)16-11-15(25-10-8-22-12-25)13-6-7-14(20)18(21)19(13)23-16/h6-8,10-12H,2-5,9H2,1H3,(H,26,27). The molecule has 2 heterocycles. The maximum Gasteiger partial charge on any atom is 0.303 e. The predicted molar refractivity (Wildman–Crippen MR) is 108 cm³/mol. The van der Waals surface area contributed by atoms with Crippen LogP contribution in [0.3, 0.4) is 0 Å². The third kappa shape index (κ3) is 4.51. The van der Waals surface area contributed by atoms with Crippen molar-refractivity contribution in [2.24, 2.45) is 0 Å². The smallest absolute Gasteiger partial charge is 0.303 e. The van der Waals surface area contributed by atoms with Crippen LogP contribution in [0.25, 0.3) is 16.6 Å². The molecule has 2 aromatic heterocycles. The van der Waals surface area contributed by atoms with E-state index in [1.54, 1.807) is 18.6 Å². The second-order valence-electron chi connectivity index (χ2n) is 6.35. The van der Waals surface area contributed by atoms with E-state index in [1.165, 1.54) is 0 Å². The van der Waals surface area contributed by atoms with Crippen molar-refractivity contribution in [2.45, 2.75) is 25.7 Å². The summed E-state index contributed by atoms with van der Waals surface area (Å²) in [5, 5.41) is 10.5. The van der Waals surface area contributed by atoms with Crippen LogP contribution in [0.4, 0.5) is 5.82 Å². The maximum atomic E-state index is 10.6. The van der Waals surface area contributed by atoms with Gasteiger partial charge in [-0.2, -0.15) is 0 Å². The van der Waals surface area contributed by atoms with E-state index in [4.69, 9.17) is 33.3 Å². The summed E-state index contributed by atoms with van der Waals surface area (Å²) < 4.78 is 1.92. The summed E-state index contributed by atoms with van der Waals surface area (Å²) in [4.78, 5) is 21.5. The van der Waals surface area contributed by atoms with E-state index in [9.17, 15) is 4.79 Å². The van der Waals surface area contributed by atoms with Gasteiger partial charge < -0.3 is 14.6 Å². The summed E-state index contributed by atoms with van der Waals surface area (Å²) in [7, 11) is 1.96. The number of fused-ring (bicyclic) bond motifs is 1. The molecule has 8 heteroatoms. The summed E-state index contributed by atoms with van der Waals surface area (Å²) in [5.41, 5.74) is 1.56. The van der Waals surface area contributed by atoms with E-state index in [0.717, 1.165) is 36.3 Å². The van der Waals surface area contributed by atoms with Crippen molar-refractivity contribution in [3.63, 3.8) is 0 Å². The molecule has 0 radical (unpaired) electrons.